The second kappa shape index (κ2) is 12.6. The minimum absolute atomic E-state index is 0.0272. The van der Waals surface area contributed by atoms with Gasteiger partial charge in [0.15, 0.2) is 22.5 Å². The lowest BCUT2D eigenvalue weighted by molar-refractivity contribution is -0.139. The van der Waals surface area contributed by atoms with Crippen molar-refractivity contribution in [1.29, 1.82) is 0 Å². The predicted octanol–water partition coefficient (Wildman–Crippen LogP) is 3.76. The molecule has 0 aliphatic carbocycles. The Morgan fingerprint density at radius 2 is 2.08 bits per heavy atom. The van der Waals surface area contributed by atoms with Crippen molar-refractivity contribution >= 4 is 23.8 Å². The van der Waals surface area contributed by atoms with Crippen LogP contribution in [-0.4, -0.2) is 52.8 Å². The van der Waals surface area contributed by atoms with Crippen molar-refractivity contribution in [3.8, 4) is 5.75 Å². The normalized spacial score (nSPS) is 16.1. The molecule has 1 aliphatic heterocycles. The van der Waals surface area contributed by atoms with Crippen molar-refractivity contribution in [3.63, 3.8) is 0 Å². The largest absolute Gasteiger partial charge is 0.483 e. The fourth-order valence-electron chi connectivity index (χ4n) is 3.95. The van der Waals surface area contributed by atoms with E-state index in [2.05, 4.69) is 20.8 Å². The van der Waals surface area contributed by atoms with Gasteiger partial charge in [0.1, 0.15) is 18.4 Å². The van der Waals surface area contributed by atoms with E-state index in [9.17, 15) is 14.0 Å². The highest BCUT2D eigenvalue weighted by Gasteiger charge is 2.35. The van der Waals surface area contributed by atoms with Gasteiger partial charge in [-0.15, -0.1) is 10.2 Å². The minimum Gasteiger partial charge on any atom is -0.483 e. The SMILES string of the molecule is CCOC(=O)C1=C(CSc2nnc(COc3ccccc3F)n2[C@H](C)COC)NC(=O)N[C@@H]1c1ccco1. The van der Waals surface area contributed by atoms with Gasteiger partial charge in [-0.3, -0.25) is 4.57 Å². The number of esters is 1. The fraction of sp³-hybridized carbons (Fsp3) is 0.360. The Labute approximate surface area is 222 Å². The van der Waals surface area contributed by atoms with Gasteiger partial charge in [-0.25, -0.2) is 14.0 Å². The third-order valence-corrected chi connectivity index (χ3v) is 6.57. The lowest BCUT2D eigenvalue weighted by atomic mass is 10.0. The molecule has 202 valence electrons. The number of para-hydroxylation sites is 1. The van der Waals surface area contributed by atoms with Gasteiger partial charge >= 0.3 is 12.0 Å². The molecule has 0 bridgehead atoms. The van der Waals surface area contributed by atoms with Gasteiger partial charge in [-0.05, 0) is 38.1 Å². The van der Waals surface area contributed by atoms with Crippen molar-refractivity contribution in [2.45, 2.75) is 37.7 Å². The van der Waals surface area contributed by atoms with Crippen molar-refractivity contribution in [1.82, 2.24) is 25.4 Å². The topological polar surface area (TPSA) is 130 Å². The first kappa shape index (κ1) is 27.2. The van der Waals surface area contributed by atoms with Gasteiger partial charge in [0.25, 0.3) is 0 Å². The standard InChI is InChI=1S/C25H28FN5O6S/c1-4-35-23(32)21-17(27-24(33)28-22(21)19-10-7-11-36-19)14-38-25-30-29-20(31(25)15(2)12-34-3)13-37-18-9-6-5-8-16(18)26/h5-11,15,22H,4,12-14H2,1-3H3,(H2,27,28,33)/t15-,22-/m1/s1. The smallest absolute Gasteiger partial charge is 0.338 e. The first-order valence-electron chi connectivity index (χ1n) is 11.9. The van der Waals surface area contributed by atoms with Crippen LogP contribution in [0.4, 0.5) is 9.18 Å². The summed E-state index contributed by atoms with van der Waals surface area (Å²) in [5, 5.41) is 14.5. The van der Waals surface area contributed by atoms with Gasteiger partial charge in [0.05, 0.1) is 31.1 Å². The average Bonchev–Trinajstić information content (AvgIpc) is 3.57. The number of carbonyl (C=O) groups excluding carboxylic acids is 2. The molecule has 0 radical (unpaired) electrons. The number of furan rings is 1. The minimum atomic E-state index is -0.816. The van der Waals surface area contributed by atoms with Crippen LogP contribution in [0, 0.1) is 5.82 Å². The first-order valence-corrected chi connectivity index (χ1v) is 12.8. The number of nitrogens with zero attached hydrogens (tertiary/aromatic N) is 3. The number of hydrogen-bond donors (Lipinski definition) is 2. The van der Waals surface area contributed by atoms with Crippen LogP contribution < -0.4 is 15.4 Å². The number of ether oxygens (including phenoxy) is 3. The maximum atomic E-state index is 14.0. The zero-order valence-corrected chi connectivity index (χ0v) is 21.9. The third kappa shape index (κ3) is 6.17. The highest BCUT2D eigenvalue weighted by atomic mass is 32.2. The zero-order chi connectivity index (χ0) is 27.1. The van der Waals surface area contributed by atoms with E-state index < -0.39 is 23.9 Å². The molecule has 0 saturated carbocycles. The maximum Gasteiger partial charge on any atom is 0.338 e. The van der Waals surface area contributed by atoms with Gasteiger partial charge in [0.2, 0.25) is 0 Å². The van der Waals surface area contributed by atoms with Gasteiger partial charge < -0.3 is 29.3 Å². The van der Waals surface area contributed by atoms with Crippen molar-refractivity contribution < 1.29 is 32.6 Å². The van der Waals surface area contributed by atoms with E-state index in [1.807, 2.05) is 11.5 Å². The Hall–Kier alpha value is -3.84. The van der Waals surface area contributed by atoms with E-state index in [-0.39, 0.29) is 36.3 Å². The average molecular weight is 546 g/mol. The molecule has 0 unspecified atom stereocenters. The Kier molecular flexibility index (Phi) is 9.02. The number of urea groups is 1. The van der Waals surface area contributed by atoms with Crippen LogP contribution in [0.3, 0.4) is 0 Å². The Balaban J connectivity index is 1.62. The van der Waals surface area contributed by atoms with Gasteiger partial charge in [0, 0.05) is 18.6 Å². The predicted molar refractivity (Wildman–Crippen MR) is 135 cm³/mol. The molecule has 2 N–H and O–H groups in total. The van der Waals surface area contributed by atoms with E-state index in [0.717, 1.165) is 0 Å². The molecule has 2 amide bonds. The molecule has 0 saturated heterocycles. The molecule has 2 aromatic heterocycles. The second-order valence-electron chi connectivity index (χ2n) is 8.24. The number of amides is 2. The second-order valence-corrected chi connectivity index (χ2v) is 9.18. The first-order chi connectivity index (χ1) is 18.4. The number of hydrogen-bond acceptors (Lipinski definition) is 9. The van der Waals surface area contributed by atoms with Crippen LogP contribution in [-0.2, 0) is 20.9 Å². The van der Waals surface area contributed by atoms with Crippen LogP contribution in [0.1, 0.15) is 37.5 Å². The molecule has 38 heavy (non-hydrogen) atoms. The maximum absolute atomic E-state index is 14.0. The number of methoxy groups -OCH3 is 1. The molecule has 13 heteroatoms. The molecule has 3 aromatic rings. The van der Waals surface area contributed by atoms with Crippen LogP contribution in [0.5, 0.6) is 5.75 Å². The Morgan fingerprint density at radius 3 is 2.79 bits per heavy atom. The quantitative estimate of drug-likeness (QED) is 0.258. The van der Waals surface area contributed by atoms with Crippen molar-refractivity contribution in [2.75, 3.05) is 26.1 Å². The number of benzene rings is 1. The molecule has 11 nitrogen and oxygen atoms in total. The van der Waals surface area contributed by atoms with Crippen molar-refractivity contribution in [3.05, 3.63) is 71.3 Å². The molecule has 2 atom stereocenters. The van der Waals surface area contributed by atoms with E-state index >= 15 is 0 Å². The van der Waals surface area contributed by atoms with Crippen LogP contribution in [0.15, 0.2) is 63.5 Å². The molecule has 0 fully saturated rings. The molecule has 4 rings (SSSR count). The molecule has 1 aliphatic rings. The zero-order valence-electron chi connectivity index (χ0n) is 21.1. The summed E-state index contributed by atoms with van der Waals surface area (Å²) in [6, 6.07) is 7.96. The van der Waals surface area contributed by atoms with Crippen molar-refractivity contribution in [2.24, 2.45) is 0 Å². The van der Waals surface area contributed by atoms with E-state index in [1.54, 1.807) is 38.3 Å². The van der Waals surface area contributed by atoms with Gasteiger partial charge in [-0.2, -0.15) is 0 Å². The Bertz CT molecular complexity index is 1300. The lowest BCUT2D eigenvalue weighted by Crippen LogP contribution is -2.46. The number of nitrogens with one attached hydrogen (secondary N) is 2. The Morgan fingerprint density at radius 1 is 1.26 bits per heavy atom. The summed E-state index contributed by atoms with van der Waals surface area (Å²) >= 11 is 1.26. The summed E-state index contributed by atoms with van der Waals surface area (Å²) in [5.41, 5.74) is 0.588. The fourth-order valence-corrected chi connectivity index (χ4v) is 4.98. The molecular weight excluding hydrogens is 517 g/mol. The lowest BCUT2D eigenvalue weighted by Gasteiger charge is -2.27. The van der Waals surface area contributed by atoms with Gasteiger partial charge in [-0.1, -0.05) is 23.9 Å². The highest BCUT2D eigenvalue weighted by molar-refractivity contribution is 7.99. The van der Waals surface area contributed by atoms with Crippen LogP contribution >= 0.6 is 11.8 Å². The summed E-state index contributed by atoms with van der Waals surface area (Å²) < 4.78 is 37.6. The number of aromatic nitrogens is 3. The number of halogens is 1. The summed E-state index contributed by atoms with van der Waals surface area (Å²) in [7, 11) is 1.58. The van der Waals surface area contributed by atoms with E-state index in [1.165, 1.54) is 30.2 Å². The molecule has 0 spiro atoms. The monoisotopic (exact) mass is 545 g/mol. The third-order valence-electron chi connectivity index (χ3n) is 5.60. The molecule has 1 aromatic carbocycles. The summed E-state index contributed by atoms with van der Waals surface area (Å²) in [5.74, 6) is 0.0680. The summed E-state index contributed by atoms with van der Waals surface area (Å²) in [6.45, 7) is 4.12. The number of thioether (sulfide) groups is 1. The van der Waals surface area contributed by atoms with Crippen LogP contribution in [0.2, 0.25) is 0 Å². The number of rotatable bonds is 12. The number of carbonyl (C=O) groups is 2. The molecule has 3 heterocycles. The van der Waals surface area contributed by atoms with Crippen LogP contribution in [0.25, 0.3) is 0 Å². The summed E-state index contributed by atoms with van der Waals surface area (Å²) in [4.78, 5) is 25.4. The van der Waals surface area contributed by atoms with E-state index in [4.69, 9.17) is 18.6 Å². The van der Waals surface area contributed by atoms with E-state index in [0.29, 0.717) is 29.0 Å². The highest BCUT2D eigenvalue weighted by Crippen LogP contribution is 2.31. The molecular formula is C25H28FN5O6S. The summed E-state index contributed by atoms with van der Waals surface area (Å²) in [6.07, 6.45) is 1.46.